The van der Waals surface area contributed by atoms with Crippen LogP contribution in [0.5, 0.6) is 0 Å². The fourth-order valence-electron chi connectivity index (χ4n) is 3.42. The minimum absolute atomic E-state index is 0.451. The number of fused-ring (bicyclic) bond motifs is 1. The lowest BCUT2D eigenvalue weighted by atomic mass is 9.88. The van der Waals surface area contributed by atoms with E-state index in [2.05, 4.69) is 9.97 Å². The van der Waals surface area contributed by atoms with Crippen LogP contribution >= 0.6 is 0 Å². The molecule has 2 aromatic carbocycles. The smallest absolute Gasteiger partial charge is 0.203 e. The molecule has 134 valence electrons. The maximum absolute atomic E-state index is 13.9. The molecule has 1 saturated heterocycles. The van der Waals surface area contributed by atoms with E-state index in [1.165, 1.54) is 0 Å². The van der Waals surface area contributed by atoms with E-state index >= 15 is 0 Å². The number of para-hydroxylation sites is 2. The fraction of sp³-hybridized carbons (Fsp3) is 0.263. The lowest BCUT2D eigenvalue weighted by Crippen LogP contribution is -2.37. The summed E-state index contributed by atoms with van der Waals surface area (Å²) in [5.41, 5.74) is 1.14. The van der Waals surface area contributed by atoms with E-state index in [9.17, 15) is 18.0 Å². The van der Waals surface area contributed by atoms with Crippen molar-refractivity contribution in [2.75, 3.05) is 18.0 Å². The molecule has 0 amide bonds. The van der Waals surface area contributed by atoms with Gasteiger partial charge in [0.2, 0.25) is 5.95 Å². The number of ketones is 1. The van der Waals surface area contributed by atoms with Crippen LogP contribution in [-0.2, 0) is 0 Å². The average molecular weight is 359 g/mol. The van der Waals surface area contributed by atoms with Crippen LogP contribution in [0.2, 0.25) is 0 Å². The predicted molar refractivity (Wildman–Crippen MR) is 91.7 cm³/mol. The van der Waals surface area contributed by atoms with E-state index in [1.807, 2.05) is 29.2 Å². The SMILES string of the molecule is O=C(c1c(F)cc(F)cc1F)C1CCN(c2nc3ccccc3[nH]2)CC1. The molecule has 0 unspecified atom stereocenters. The second-order valence-electron chi connectivity index (χ2n) is 6.45. The maximum atomic E-state index is 13.9. The zero-order valence-electron chi connectivity index (χ0n) is 13.8. The number of aromatic amines is 1. The fourth-order valence-corrected chi connectivity index (χ4v) is 3.42. The molecule has 1 fully saturated rings. The molecule has 0 spiro atoms. The van der Waals surface area contributed by atoms with Crippen molar-refractivity contribution in [1.82, 2.24) is 9.97 Å². The third-order valence-electron chi connectivity index (χ3n) is 4.80. The number of anilines is 1. The summed E-state index contributed by atoms with van der Waals surface area (Å²) < 4.78 is 40.7. The Bertz CT molecular complexity index is 921. The highest BCUT2D eigenvalue weighted by Gasteiger charge is 2.30. The van der Waals surface area contributed by atoms with Crippen molar-refractivity contribution in [3.8, 4) is 0 Å². The van der Waals surface area contributed by atoms with E-state index in [1.54, 1.807) is 0 Å². The number of Topliss-reactive ketones (excluding diaryl/α,β-unsaturated/α-hetero) is 1. The Morgan fingerprint density at radius 2 is 1.73 bits per heavy atom. The summed E-state index contributed by atoms with van der Waals surface area (Å²) in [6.07, 6.45) is 0.901. The van der Waals surface area contributed by atoms with Crippen LogP contribution in [0.25, 0.3) is 11.0 Å². The highest BCUT2D eigenvalue weighted by atomic mass is 19.1. The number of hydrogen-bond donors (Lipinski definition) is 1. The molecule has 0 bridgehead atoms. The minimum Gasteiger partial charge on any atom is -0.342 e. The molecule has 2 heterocycles. The number of hydrogen-bond acceptors (Lipinski definition) is 3. The Morgan fingerprint density at radius 3 is 2.38 bits per heavy atom. The normalized spacial score (nSPS) is 15.6. The van der Waals surface area contributed by atoms with Crippen LogP contribution in [0.1, 0.15) is 23.2 Å². The van der Waals surface area contributed by atoms with Crippen molar-refractivity contribution >= 4 is 22.8 Å². The Morgan fingerprint density at radius 1 is 1.08 bits per heavy atom. The predicted octanol–water partition coefficient (Wildman–Crippen LogP) is 4.08. The van der Waals surface area contributed by atoms with Gasteiger partial charge in [-0.1, -0.05) is 12.1 Å². The van der Waals surface area contributed by atoms with E-state index in [0.29, 0.717) is 38.1 Å². The first kappa shape index (κ1) is 16.6. The van der Waals surface area contributed by atoms with Gasteiger partial charge in [0, 0.05) is 31.1 Å². The number of nitrogens with one attached hydrogen (secondary N) is 1. The number of aromatic nitrogens is 2. The molecule has 0 saturated carbocycles. The van der Waals surface area contributed by atoms with Gasteiger partial charge in [0.25, 0.3) is 0 Å². The summed E-state index contributed by atoms with van der Waals surface area (Å²) in [6.45, 7) is 1.08. The van der Waals surface area contributed by atoms with Gasteiger partial charge in [-0.2, -0.15) is 0 Å². The zero-order chi connectivity index (χ0) is 18.3. The third kappa shape index (κ3) is 2.94. The molecule has 26 heavy (non-hydrogen) atoms. The highest BCUT2D eigenvalue weighted by Crippen LogP contribution is 2.27. The highest BCUT2D eigenvalue weighted by molar-refractivity contribution is 5.98. The minimum atomic E-state index is -1.15. The number of carbonyl (C=O) groups is 1. The van der Waals surface area contributed by atoms with Crippen LogP contribution < -0.4 is 4.90 Å². The number of benzene rings is 2. The maximum Gasteiger partial charge on any atom is 0.203 e. The van der Waals surface area contributed by atoms with Gasteiger partial charge >= 0.3 is 0 Å². The molecular formula is C19H16F3N3O. The Balaban J connectivity index is 1.49. The summed E-state index contributed by atoms with van der Waals surface area (Å²) in [4.78, 5) is 22.3. The van der Waals surface area contributed by atoms with Crippen LogP contribution in [0.4, 0.5) is 19.1 Å². The second-order valence-corrected chi connectivity index (χ2v) is 6.45. The Labute approximate surface area is 147 Å². The van der Waals surface area contributed by atoms with E-state index in [0.717, 1.165) is 17.0 Å². The second kappa shape index (κ2) is 6.48. The van der Waals surface area contributed by atoms with Crippen molar-refractivity contribution in [3.05, 3.63) is 59.4 Å². The van der Waals surface area contributed by atoms with Crippen LogP contribution in [-0.4, -0.2) is 28.8 Å². The molecular weight excluding hydrogens is 343 g/mol. The first-order valence-corrected chi connectivity index (χ1v) is 8.41. The largest absolute Gasteiger partial charge is 0.342 e. The molecule has 1 aliphatic heterocycles. The number of imidazole rings is 1. The van der Waals surface area contributed by atoms with Crippen molar-refractivity contribution in [2.45, 2.75) is 12.8 Å². The van der Waals surface area contributed by atoms with Gasteiger partial charge in [-0.3, -0.25) is 4.79 Å². The summed E-state index contributed by atoms with van der Waals surface area (Å²) in [5.74, 6) is -3.71. The summed E-state index contributed by atoms with van der Waals surface area (Å²) in [5, 5.41) is 0. The summed E-state index contributed by atoms with van der Waals surface area (Å²) >= 11 is 0. The average Bonchev–Trinajstić information content (AvgIpc) is 3.05. The number of piperidine rings is 1. The first-order chi connectivity index (χ1) is 12.5. The molecule has 1 N–H and O–H groups in total. The molecule has 0 atom stereocenters. The Hall–Kier alpha value is -2.83. The van der Waals surface area contributed by atoms with Crippen molar-refractivity contribution in [2.24, 2.45) is 5.92 Å². The van der Waals surface area contributed by atoms with Crippen molar-refractivity contribution in [1.29, 1.82) is 0 Å². The monoisotopic (exact) mass is 359 g/mol. The lowest BCUT2D eigenvalue weighted by molar-refractivity contribution is 0.0891. The van der Waals surface area contributed by atoms with Crippen LogP contribution in [0.3, 0.4) is 0 Å². The number of carbonyl (C=O) groups excluding carboxylic acids is 1. The summed E-state index contributed by atoms with van der Waals surface area (Å²) in [6, 6.07) is 8.75. The van der Waals surface area contributed by atoms with Gasteiger partial charge < -0.3 is 9.88 Å². The molecule has 3 aromatic rings. The molecule has 0 aliphatic carbocycles. The molecule has 7 heteroatoms. The van der Waals surface area contributed by atoms with Gasteiger partial charge in [-0.15, -0.1) is 0 Å². The number of H-pyrrole nitrogens is 1. The van der Waals surface area contributed by atoms with Crippen molar-refractivity contribution < 1.29 is 18.0 Å². The summed E-state index contributed by atoms with van der Waals surface area (Å²) in [7, 11) is 0. The molecule has 4 nitrogen and oxygen atoms in total. The zero-order valence-corrected chi connectivity index (χ0v) is 13.8. The van der Waals surface area contributed by atoms with Crippen LogP contribution in [0.15, 0.2) is 36.4 Å². The van der Waals surface area contributed by atoms with Gasteiger partial charge in [0.05, 0.1) is 16.6 Å². The van der Waals surface area contributed by atoms with Gasteiger partial charge in [-0.25, -0.2) is 18.2 Å². The standard InChI is InChI=1S/C19H16F3N3O/c20-12-9-13(21)17(14(22)10-12)18(26)11-5-7-25(8-6-11)19-23-15-3-1-2-4-16(15)24-19/h1-4,9-11H,5-8H2,(H,23,24). The quantitative estimate of drug-likeness (QED) is 0.717. The number of rotatable bonds is 3. The number of halogens is 3. The lowest BCUT2D eigenvalue weighted by Gasteiger charge is -2.31. The third-order valence-corrected chi connectivity index (χ3v) is 4.80. The molecule has 0 radical (unpaired) electrons. The van der Waals surface area contributed by atoms with E-state index in [4.69, 9.17) is 0 Å². The molecule has 1 aliphatic rings. The molecule has 4 rings (SSSR count). The topological polar surface area (TPSA) is 49.0 Å². The van der Waals surface area contributed by atoms with Crippen molar-refractivity contribution in [3.63, 3.8) is 0 Å². The number of nitrogens with zero attached hydrogens (tertiary/aromatic N) is 2. The van der Waals surface area contributed by atoms with Gasteiger partial charge in [0.15, 0.2) is 5.78 Å². The Kier molecular flexibility index (Phi) is 4.14. The van der Waals surface area contributed by atoms with Crippen LogP contribution in [0, 0.1) is 23.4 Å². The molecule has 1 aromatic heterocycles. The van der Waals surface area contributed by atoms with Gasteiger partial charge in [-0.05, 0) is 25.0 Å². The first-order valence-electron chi connectivity index (χ1n) is 8.41. The van der Waals surface area contributed by atoms with Gasteiger partial charge in [0.1, 0.15) is 17.5 Å². The van der Waals surface area contributed by atoms with E-state index in [-0.39, 0.29) is 0 Å². The van der Waals surface area contributed by atoms with E-state index < -0.39 is 34.7 Å².